The van der Waals surface area contributed by atoms with Crippen LogP contribution in [-0.2, 0) is 6.42 Å². The van der Waals surface area contributed by atoms with Crippen LogP contribution in [0.1, 0.15) is 44.7 Å². The van der Waals surface area contributed by atoms with Crippen molar-refractivity contribution in [2.45, 2.75) is 45.4 Å². The van der Waals surface area contributed by atoms with Crippen molar-refractivity contribution >= 4 is 28.5 Å². The lowest BCUT2D eigenvalue weighted by Gasteiger charge is -2.53. The maximum Gasteiger partial charge on any atom is 0.183 e. The molecule has 3 aliphatic rings. The first kappa shape index (κ1) is 17.2. The molecule has 0 radical (unpaired) electrons. The van der Waals surface area contributed by atoms with E-state index in [0.29, 0.717) is 5.41 Å². The van der Waals surface area contributed by atoms with Gasteiger partial charge >= 0.3 is 0 Å². The fraction of sp³-hybridized carbons (Fsp3) is 0.545. The number of fused-ring (bicyclic) bond motifs is 2. The maximum absolute atomic E-state index is 4.88. The van der Waals surface area contributed by atoms with Crippen molar-refractivity contribution in [2.24, 2.45) is 11.3 Å². The third kappa shape index (κ3) is 2.63. The van der Waals surface area contributed by atoms with E-state index in [-0.39, 0.29) is 0 Å². The highest BCUT2D eigenvalue weighted by molar-refractivity contribution is 5.87. The second kappa shape index (κ2) is 6.40. The molecule has 2 aliphatic heterocycles. The van der Waals surface area contributed by atoms with Crippen LogP contribution in [0, 0.1) is 11.3 Å². The lowest BCUT2D eigenvalue weighted by molar-refractivity contribution is 0.0163. The zero-order valence-electron chi connectivity index (χ0n) is 16.9. The number of nitrogens with one attached hydrogen (secondary N) is 1. The summed E-state index contributed by atoms with van der Waals surface area (Å²) < 4.78 is 0. The van der Waals surface area contributed by atoms with Gasteiger partial charge in [0.2, 0.25) is 0 Å². The Morgan fingerprint density at radius 1 is 1.14 bits per heavy atom. The Kier molecular flexibility index (Phi) is 3.79. The van der Waals surface area contributed by atoms with E-state index in [1.165, 1.54) is 25.7 Å². The van der Waals surface area contributed by atoms with Gasteiger partial charge < -0.3 is 9.80 Å². The van der Waals surface area contributed by atoms with Crippen LogP contribution in [0.3, 0.4) is 0 Å². The molecule has 1 aliphatic carbocycles. The molecule has 0 bridgehead atoms. The molecule has 3 aromatic heterocycles. The summed E-state index contributed by atoms with van der Waals surface area (Å²) in [5.41, 5.74) is 4.48. The largest absolute Gasteiger partial charge is 0.355 e. The molecule has 0 amide bonds. The molecular formula is C22H27N7. The Hall–Kier alpha value is -2.70. The third-order valence-electron chi connectivity index (χ3n) is 7.65. The minimum Gasteiger partial charge on any atom is -0.355 e. The van der Waals surface area contributed by atoms with Crippen LogP contribution in [0.15, 0.2) is 24.5 Å². The van der Waals surface area contributed by atoms with Crippen LogP contribution in [0.5, 0.6) is 0 Å². The van der Waals surface area contributed by atoms with Crippen LogP contribution in [-0.4, -0.2) is 44.8 Å². The number of pyridine rings is 1. The van der Waals surface area contributed by atoms with Crippen molar-refractivity contribution in [1.82, 2.24) is 25.1 Å². The number of aromatic amines is 1. The Morgan fingerprint density at radius 3 is 2.83 bits per heavy atom. The number of nitrogens with zero attached hydrogens (tertiary/aromatic N) is 6. The summed E-state index contributed by atoms with van der Waals surface area (Å²) in [4.78, 5) is 18.8. The van der Waals surface area contributed by atoms with E-state index in [1.54, 1.807) is 0 Å². The van der Waals surface area contributed by atoms with Gasteiger partial charge in [-0.1, -0.05) is 6.92 Å². The third-order valence-corrected chi connectivity index (χ3v) is 7.65. The highest BCUT2D eigenvalue weighted by Crippen LogP contribution is 2.53. The number of rotatable bonds is 2. The van der Waals surface area contributed by atoms with Crippen molar-refractivity contribution in [3.63, 3.8) is 0 Å². The summed E-state index contributed by atoms with van der Waals surface area (Å²) in [6, 6.07) is 4.11. The van der Waals surface area contributed by atoms with E-state index in [2.05, 4.69) is 38.0 Å². The lowest BCUT2D eigenvalue weighted by atomic mass is 9.56. The number of H-pyrrole nitrogens is 1. The van der Waals surface area contributed by atoms with Crippen LogP contribution < -0.4 is 9.80 Å². The number of aromatic nitrogens is 5. The predicted molar refractivity (Wildman–Crippen MR) is 114 cm³/mol. The van der Waals surface area contributed by atoms with Gasteiger partial charge in [-0.15, -0.1) is 0 Å². The molecule has 1 atom stereocenters. The van der Waals surface area contributed by atoms with Gasteiger partial charge in [0.15, 0.2) is 17.0 Å². The van der Waals surface area contributed by atoms with Gasteiger partial charge in [0.05, 0.1) is 17.6 Å². The van der Waals surface area contributed by atoms with E-state index in [4.69, 9.17) is 9.97 Å². The first-order chi connectivity index (χ1) is 14.2. The number of anilines is 3. The second-order valence-corrected chi connectivity index (χ2v) is 8.99. The fourth-order valence-electron chi connectivity index (χ4n) is 5.50. The van der Waals surface area contributed by atoms with Crippen LogP contribution in [0.25, 0.3) is 11.2 Å². The van der Waals surface area contributed by atoms with Crippen LogP contribution >= 0.6 is 0 Å². The summed E-state index contributed by atoms with van der Waals surface area (Å²) in [5, 5.41) is 7.72. The highest BCUT2D eigenvalue weighted by Gasteiger charge is 2.45. The van der Waals surface area contributed by atoms with Gasteiger partial charge in [-0.2, -0.15) is 5.10 Å². The average Bonchev–Trinajstić information content (AvgIpc) is 3.21. The maximum atomic E-state index is 4.88. The van der Waals surface area contributed by atoms with Crippen LogP contribution in [0.2, 0.25) is 0 Å². The van der Waals surface area contributed by atoms with Gasteiger partial charge in [0.1, 0.15) is 5.82 Å². The zero-order chi connectivity index (χ0) is 19.4. The number of hydrogen-bond acceptors (Lipinski definition) is 6. The smallest absolute Gasteiger partial charge is 0.183 e. The molecule has 7 heteroatoms. The lowest BCUT2D eigenvalue weighted by Crippen LogP contribution is -2.48. The van der Waals surface area contributed by atoms with E-state index in [0.717, 1.165) is 72.6 Å². The first-order valence-corrected chi connectivity index (χ1v) is 10.9. The van der Waals surface area contributed by atoms with Crippen molar-refractivity contribution in [1.29, 1.82) is 0 Å². The molecule has 1 saturated carbocycles. The summed E-state index contributed by atoms with van der Waals surface area (Å²) in [7, 11) is 0. The Morgan fingerprint density at radius 2 is 2.03 bits per heavy atom. The molecule has 29 heavy (non-hydrogen) atoms. The predicted octanol–water partition coefficient (Wildman–Crippen LogP) is 3.85. The molecular weight excluding hydrogens is 362 g/mol. The fourth-order valence-corrected chi connectivity index (χ4v) is 5.50. The zero-order valence-corrected chi connectivity index (χ0v) is 16.9. The molecule has 0 unspecified atom stereocenters. The second-order valence-electron chi connectivity index (χ2n) is 8.99. The molecule has 2 fully saturated rings. The first-order valence-electron chi connectivity index (χ1n) is 10.9. The molecule has 1 spiro atoms. The van der Waals surface area contributed by atoms with Crippen molar-refractivity contribution in [3.05, 3.63) is 30.2 Å². The van der Waals surface area contributed by atoms with E-state index in [9.17, 15) is 0 Å². The van der Waals surface area contributed by atoms with Gasteiger partial charge in [-0.25, -0.2) is 9.97 Å². The molecule has 1 saturated heterocycles. The normalized spacial score (nSPS) is 23.3. The summed E-state index contributed by atoms with van der Waals surface area (Å²) in [6.07, 6.45) is 11.2. The van der Waals surface area contributed by atoms with Crippen molar-refractivity contribution in [2.75, 3.05) is 29.4 Å². The Bertz CT molecular complexity index is 1050. The number of aryl methyl sites for hydroxylation is 1. The minimum atomic E-state index is 0.602. The minimum absolute atomic E-state index is 0.602. The molecule has 0 aromatic carbocycles. The average molecular weight is 390 g/mol. The van der Waals surface area contributed by atoms with E-state index in [1.807, 2.05) is 18.5 Å². The van der Waals surface area contributed by atoms with Crippen LogP contribution in [0.4, 0.5) is 17.3 Å². The molecule has 7 nitrogen and oxygen atoms in total. The molecule has 1 N–H and O–H groups in total. The van der Waals surface area contributed by atoms with E-state index < -0.39 is 0 Å². The summed E-state index contributed by atoms with van der Waals surface area (Å²) in [6.45, 7) is 5.51. The molecule has 3 aromatic rings. The van der Waals surface area contributed by atoms with Gasteiger partial charge in [-0.3, -0.25) is 10.1 Å². The van der Waals surface area contributed by atoms with Crippen molar-refractivity contribution in [3.8, 4) is 0 Å². The SMILES string of the molecule is C[C@@H]1CCC12CCN(c1cnc3c(N4CCCc5ncccc54)n[nH]c3n1)CC2. The number of hydrogen-bond donors (Lipinski definition) is 1. The van der Waals surface area contributed by atoms with Gasteiger partial charge in [-0.05, 0) is 62.0 Å². The monoisotopic (exact) mass is 389 g/mol. The van der Waals surface area contributed by atoms with Gasteiger partial charge in [0.25, 0.3) is 0 Å². The molecule has 5 heterocycles. The quantitative estimate of drug-likeness (QED) is 0.718. The Balaban J connectivity index is 1.28. The topological polar surface area (TPSA) is 73.8 Å². The molecule has 6 rings (SSSR count). The van der Waals surface area contributed by atoms with Crippen molar-refractivity contribution < 1.29 is 0 Å². The molecule has 150 valence electrons. The summed E-state index contributed by atoms with van der Waals surface area (Å²) in [5.74, 6) is 2.71. The van der Waals surface area contributed by atoms with Gasteiger partial charge in [0, 0.05) is 25.8 Å². The Labute approximate surface area is 170 Å². The van der Waals surface area contributed by atoms with E-state index >= 15 is 0 Å². The standard InChI is InChI=1S/C22H27N7/c1-15-6-7-22(15)8-12-28(13-9-22)18-14-24-19-20(25-18)26-27-21(19)29-11-3-4-16-17(29)5-2-10-23-16/h2,5,10,14-15H,3-4,6-9,11-13H2,1H3,(H,25,26,27)/t15-/m1/s1. The summed E-state index contributed by atoms with van der Waals surface area (Å²) >= 11 is 0. The number of piperidine rings is 1. The highest BCUT2D eigenvalue weighted by atomic mass is 15.3.